The number of carbonyl (C=O) groups excluding carboxylic acids is 3. The number of nitrogens with zero attached hydrogens (tertiary/aromatic N) is 1. The van der Waals surface area contributed by atoms with E-state index in [1.165, 1.54) is 0 Å². The lowest BCUT2D eigenvalue weighted by Crippen LogP contribution is -2.51. The molecule has 6 heteroatoms. The lowest BCUT2D eigenvalue weighted by molar-refractivity contribution is -0.121. The minimum absolute atomic E-state index is 0.183. The van der Waals surface area contributed by atoms with Crippen LogP contribution in [0, 0.1) is 5.92 Å². The third-order valence-electron chi connectivity index (χ3n) is 8.62. The Hall–Kier alpha value is -4.29. The summed E-state index contributed by atoms with van der Waals surface area (Å²) in [6.07, 6.45) is 2.07. The third-order valence-corrected chi connectivity index (χ3v) is 9.15. The molecule has 1 N–H and O–H groups in total. The first-order valence-corrected chi connectivity index (χ1v) is 14.1. The number of hydrogen-bond acceptors (Lipinski definition) is 4. The van der Waals surface area contributed by atoms with Gasteiger partial charge < -0.3 is 10.2 Å². The highest BCUT2D eigenvalue weighted by Crippen LogP contribution is 2.58. The van der Waals surface area contributed by atoms with Gasteiger partial charge >= 0.3 is 0 Å². The smallest absolute Gasteiger partial charge is 0.238 e. The van der Waals surface area contributed by atoms with Gasteiger partial charge in [-0.2, -0.15) is 0 Å². The molecule has 4 atom stereocenters. The summed E-state index contributed by atoms with van der Waals surface area (Å²) in [5.74, 6) is -1.65. The number of allylic oxidation sites excluding steroid dienone is 1. The largest absolute Gasteiger partial charge is 0.352 e. The van der Waals surface area contributed by atoms with Crippen molar-refractivity contribution in [1.29, 1.82) is 0 Å². The summed E-state index contributed by atoms with van der Waals surface area (Å²) < 4.78 is 0.843. The number of anilines is 2. The summed E-state index contributed by atoms with van der Waals surface area (Å²) in [6, 6.07) is 30.3. The SMILES string of the molecule is CC1=C[C@@H]2N(c3ccccc31)[C@H](C(=O)c1ccccc1)[C@@H](C(=O)c1ccc(Br)cc1)[C@@]21C(=O)Nc2ccccc21. The van der Waals surface area contributed by atoms with Gasteiger partial charge in [-0.1, -0.05) is 101 Å². The molecule has 4 aromatic carbocycles. The molecule has 3 aliphatic heterocycles. The van der Waals surface area contributed by atoms with Crippen LogP contribution in [-0.4, -0.2) is 29.6 Å². The van der Waals surface area contributed by atoms with E-state index in [0.717, 1.165) is 26.9 Å². The summed E-state index contributed by atoms with van der Waals surface area (Å²) in [7, 11) is 0. The van der Waals surface area contributed by atoms with Crippen LogP contribution in [0.15, 0.2) is 114 Å². The Morgan fingerprint density at radius 1 is 0.800 bits per heavy atom. The maximum absolute atomic E-state index is 14.8. The van der Waals surface area contributed by atoms with Gasteiger partial charge in [-0.05, 0) is 42.3 Å². The number of fused-ring (bicyclic) bond motifs is 6. The van der Waals surface area contributed by atoms with E-state index in [-0.39, 0.29) is 17.5 Å². The predicted molar refractivity (Wildman–Crippen MR) is 160 cm³/mol. The van der Waals surface area contributed by atoms with Gasteiger partial charge in [-0.15, -0.1) is 0 Å². The van der Waals surface area contributed by atoms with Gasteiger partial charge in [0, 0.05) is 32.5 Å². The molecule has 0 saturated carbocycles. The zero-order valence-corrected chi connectivity index (χ0v) is 23.3. The normalized spacial score (nSPS) is 24.1. The Kier molecular flexibility index (Phi) is 5.65. The average Bonchev–Trinajstić information content (AvgIpc) is 3.45. The molecule has 40 heavy (non-hydrogen) atoms. The number of Topliss-reactive ketones (excluding diaryl/α,β-unsaturated/α-hetero) is 2. The number of nitrogens with one attached hydrogen (secondary N) is 1. The minimum Gasteiger partial charge on any atom is -0.352 e. The summed E-state index contributed by atoms with van der Waals surface area (Å²) in [6.45, 7) is 2.03. The quantitative estimate of drug-likeness (QED) is 0.269. The number of ketones is 2. The van der Waals surface area contributed by atoms with Crippen molar-refractivity contribution in [2.75, 3.05) is 10.2 Å². The van der Waals surface area contributed by atoms with Crippen molar-refractivity contribution in [2.24, 2.45) is 5.92 Å². The molecular weight excluding hydrogens is 564 g/mol. The number of hydrogen-bond donors (Lipinski definition) is 1. The van der Waals surface area contributed by atoms with Crippen molar-refractivity contribution in [3.05, 3.63) is 136 Å². The number of benzene rings is 4. The number of amides is 1. The molecule has 0 radical (unpaired) electrons. The Morgan fingerprint density at radius 3 is 2.23 bits per heavy atom. The first-order valence-electron chi connectivity index (χ1n) is 13.3. The van der Waals surface area contributed by atoms with Crippen molar-refractivity contribution >= 4 is 50.4 Å². The van der Waals surface area contributed by atoms with Crippen molar-refractivity contribution in [2.45, 2.75) is 24.4 Å². The van der Waals surface area contributed by atoms with E-state index in [4.69, 9.17) is 0 Å². The Balaban J connectivity index is 1.56. The summed E-state index contributed by atoms with van der Waals surface area (Å²) in [5, 5.41) is 3.08. The monoisotopic (exact) mass is 588 g/mol. The molecule has 3 aliphatic rings. The number of carbonyl (C=O) groups is 3. The van der Waals surface area contributed by atoms with Gasteiger partial charge in [-0.3, -0.25) is 14.4 Å². The zero-order chi connectivity index (χ0) is 27.6. The maximum Gasteiger partial charge on any atom is 0.238 e. The highest BCUT2D eigenvalue weighted by atomic mass is 79.9. The standard InChI is InChI=1S/C34H25BrN2O3/c1-20-19-28-34(25-12-6-7-13-26(25)36-33(34)40)29(31(38)22-15-17-23(35)18-16-22)30(32(39)21-9-3-2-4-10-21)37(28)27-14-8-5-11-24(20)27/h2-19,28-30H,1H3,(H,36,40)/t28-,29-,30-,34-/m0/s1. The molecule has 0 aliphatic carbocycles. The molecule has 0 unspecified atom stereocenters. The van der Waals surface area contributed by atoms with E-state index in [2.05, 4.69) is 27.3 Å². The van der Waals surface area contributed by atoms with Gasteiger partial charge in [0.15, 0.2) is 11.6 Å². The molecule has 1 saturated heterocycles. The first kappa shape index (κ1) is 24.7. The Bertz CT molecular complexity index is 1730. The fourth-order valence-electron chi connectivity index (χ4n) is 6.95. The molecule has 7 rings (SSSR count). The maximum atomic E-state index is 14.8. The zero-order valence-electron chi connectivity index (χ0n) is 21.7. The average molecular weight is 589 g/mol. The third kappa shape index (κ3) is 3.35. The number of para-hydroxylation sites is 2. The van der Waals surface area contributed by atoms with E-state index >= 15 is 0 Å². The molecule has 1 fully saturated rings. The highest BCUT2D eigenvalue weighted by molar-refractivity contribution is 9.10. The van der Waals surface area contributed by atoms with Crippen LogP contribution in [0.1, 0.15) is 38.8 Å². The fourth-order valence-corrected chi connectivity index (χ4v) is 7.22. The van der Waals surface area contributed by atoms with E-state index < -0.39 is 23.4 Å². The molecule has 196 valence electrons. The second kappa shape index (κ2) is 9.14. The van der Waals surface area contributed by atoms with Crippen LogP contribution in [0.4, 0.5) is 11.4 Å². The molecule has 1 amide bonds. The van der Waals surface area contributed by atoms with Gasteiger partial charge in [0.25, 0.3) is 0 Å². The van der Waals surface area contributed by atoms with Gasteiger partial charge in [0.05, 0.1) is 12.0 Å². The molecule has 3 heterocycles. The van der Waals surface area contributed by atoms with Gasteiger partial charge in [0.1, 0.15) is 11.5 Å². The van der Waals surface area contributed by atoms with Gasteiger partial charge in [-0.25, -0.2) is 0 Å². The second-order valence-corrected chi connectivity index (χ2v) is 11.5. The first-order chi connectivity index (χ1) is 19.4. The van der Waals surface area contributed by atoms with Gasteiger partial charge in [0.2, 0.25) is 5.91 Å². The van der Waals surface area contributed by atoms with Crippen molar-refractivity contribution in [3.8, 4) is 0 Å². The second-order valence-electron chi connectivity index (χ2n) is 10.6. The summed E-state index contributed by atoms with van der Waals surface area (Å²) in [5.41, 5.74) is 3.93. The van der Waals surface area contributed by atoms with Crippen LogP contribution < -0.4 is 10.2 Å². The van der Waals surface area contributed by atoms with E-state index in [1.807, 2.05) is 90.7 Å². The van der Waals surface area contributed by atoms with Crippen LogP contribution in [0.5, 0.6) is 0 Å². The summed E-state index contributed by atoms with van der Waals surface area (Å²) >= 11 is 3.46. The van der Waals surface area contributed by atoms with Crippen LogP contribution in [0.2, 0.25) is 0 Å². The number of rotatable bonds is 4. The van der Waals surface area contributed by atoms with Crippen molar-refractivity contribution in [1.82, 2.24) is 0 Å². The lowest BCUT2D eigenvalue weighted by Gasteiger charge is -2.39. The molecular formula is C34H25BrN2O3. The Labute approximate surface area is 240 Å². The predicted octanol–water partition coefficient (Wildman–Crippen LogP) is 6.70. The lowest BCUT2D eigenvalue weighted by atomic mass is 9.64. The Morgan fingerprint density at radius 2 is 1.45 bits per heavy atom. The summed E-state index contributed by atoms with van der Waals surface area (Å²) in [4.78, 5) is 45.8. The molecule has 0 aromatic heterocycles. The number of halogens is 1. The van der Waals surface area contributed by atoms with Crippen LogP contribution in [-0.2, 0) is 10.2 Å². The molecule has 1 spiro atoms. The molecule has 0 bridgehead atoms. The molecule has 5 nitrogen and oxygen atoms in total. The highest BCUT2D eigenvalue weighted by Gasteiger charge is 2.70. The molecule has 4 aromatic rings. The fraction of sp³-hybridized carbons (Fsp3) is 0.147. The van der Waals surface area contributed by atoms with Crippen LogP contribution in [0.25, 0.3) is 5.57 Å². The van der Waals surface area contributed by atoms with Crippen molar-refractivity contribution in [3.63, 3.8) is 0 Å². The van der Waals surface area contributed by atoms with E-state index in [9.17, 15) is 14.4 Å². The van der Waals surface area contributed by atoms with Crippen LogP contribution >= 0.6 is 15.9 Å². The van der Waals surface area contributed by atoms with E-state index in [1.54, 1.807) is 24.3 Å². The minimum atomic E-state index is -1.31. The van der Waals surface area contributed by atoms with E-state index in [0.29, 0.717) is 16.8 Å². The van der Waals surface area contributed by atoms with Crippen molar-refractivity contribution < 1.29 is 14.4 Å². The van der Waals surface area contributed by atoms with Crippen LogP contribution in [0.3, 0.4) is 0 Å². The topological polar surface area (TPSA) is 66.5 Å².